The highest BCUT2D eigenvalue weighted by molar-refractivity contribution is 7.13. The maximum atomic E-state index is 13.0. The molecule has 2 N–H and O–H groups in total. The van der Waals surface area contributed by atoms with Gasteiger partial charge < -0.3 is 10.1 Å². The number of nitrogens with one attached hydrogen (secondary N) is 1. The lowest BCUT2D eigenvalue weighted by molar-refractivity contribution is 0.458. The van der Waals surface area contributed by atoms with Crippen LogP contribution in [0.3, 0.4) is 0 Å². The summed E-state index contributed by atoms with van der Waals surface area (Å²) in [7, 11) is 0. The molecule has 130 valence electrons. The fourth-order valence-electron chi connectivity index (χ4n) is 3.01. The van der Waals surface area contributed by atoms with Crippen LogP contribution in [-0.4, -0.2) is 15.1 Å². The predicted molar refractivity (Wildman–Crippen MR) is 105 cm³/mol. The number of H-pyrrole nitrogens is 1. The molecule has 0 fully saturated rings. The van der Waals surface area contributed by atoms with Crippen LogP contribution < -0.4 is 5.56 Å². The zero-order chi connectivity index (χ0) is 18.8. The first-order chi connectivity index (χ1) is 13.2. The lowest BCUT2D eigenvalue weighted by atomic mass is 9.93. The van der Waals surface area contributed by atoms with Gasteiger partial charge in [-0.2, -0.15) is 5.26 Å². The molecule has 0 aliphatic carbocycles. The van der Waals surface area contributed by atoms with Gasteiger partial charge in [-0.1, -0.05) is 60.7 Å². The van der Waals surface area contributed by atoms with Crippen molar-refractivity contribution in [2.45, 2.75) is 0 Å². The molecule has 0 aliphatic heterocycles. The normalized spacial score (nSPS) is 10.5. The quantitative estimate of drug-likeness (QED) is 0.558. The summed E-state index contributed by atoms with van der Waals surface area (Å²) in [4.78, 5) is 19.9. The van der Waals surface area contributed by atoms with Crippen LogP contribution in [-0.2, 0) is 0 Å². The van der Waals surface area contributed by atoms with Gasteiger partial charge in [-0.15, -0.1) is 11.3 Å². The van der Waals surface area contributed by atoms with Gasteiger partial charge in [0.1, 0.15) is 11.1 Å². The number of rotatable bonds is 3. The van der Waals surface area contributed by atoms with Gasteiger partial charge >= 0.3 is 0 Å². The number of nitrogens with zero attached hydrogens (tertiary/aromatic N) is 2. The Morgan fingerprint density at radius 2 is 1.59 bits per heavy atom. The highest BCUT2D eigenvalue weighted by Crippen LogP contribution is 2.37. The van der Waals surface area contributed by atoms with E-state index in [-0.39, 0.29) is 17.0 Å². The maximum Gasteiger partial charge on any atom is 0.259 e. The number of hydrogen-bond acceptors (Lipinski definition) is 5. The number of thiazole rings is 1. The molecule has 4 aromatic rings. The zero-order valence-corrected chi connectivity index (χ0v) is 14.8. The average Bonchev–Trinajstić information content (AvgIpc) is 3.14. The highest BCUT2D eigenvalue weighted by atomic mass is 32.1. The summed E-state index contributed by atoms with van der Waals surface area (Å²) < 4.78 is 0. The largest absolute Gasteiger partial charge is 0.493 e. The van der Waals surface area contributed by atoms with Gasteiger partial charge in [0, 0.05) is 5.56 Å². The van der Waals surface area contributed by atoms with Crippen molar-refractivity contribution < 1.29 is 5.11 Å². The second-order valence-electron chi connectivity index (χ2n) is 5.81. The van der Waals surface area contributed by atoms with Gasteiger partial charge in [0.25, 0.3) is 5.56 Å². The molecule has 2 aromatic heterocycles. The Labute approximate surface area is 158 Å². The van der Waals surface area contributed by atoms with Crippen LogP contribution in [0.4, 0.5) is 0 Å². The standard InChI is InChI=1S/C21H13N3O2S/c22-11-15-17(13-7-3-1-4-8-13)18(21-23-16(25)12-27-21)20(26)24-19(15)14-9-5-2-6-10-14/h1-10,12,25H,(H,24,26). The van der Waals surface area contributed by atoms with Gasteiger partial charge in [0.2, 0.25) is 5.88 Å². The minimum atomic E-state index is -0.360. The SMILES string of the molecule is N#Cc1c(-c2ccccc2)[nH]c(=O)c(-c2nc(O)cs2)c1-c1ccccc1. The molecule has 0 saturated heterocycles. The lowest BCUT2D eigenvalue weighted by Gasteiger charge is -2.13. The number of benzene rings is 2. The summed E-state index contributed by atoms with van der Waals surface area (Å²) in [6.45, 7) is 0. The van der Waals surface area contributed by atoms with Gasteiger partial charge in [-0.3, -0.25) is 4.79 Å². The van der Waals surface area contributed by atoms with Gasteiger partial charge in [-0.25, -0.2) is 4.98 Å². The first-order valence-electron chi connectivity index (χ1n) is 8.15. The number of hydrogen-bond donors (Lipinski definition) is 2. The van der Waals surface area contributed by atoms with Crippen molar-refractivity contribution in [3.8, 4) is 44.9 Å². The molecule has 5 nitrogen and oxygen atoms in total. The van der Waals surface area contributed by atoms with Gasteiger partial charge in [0.15, 0.2) is 0 Å². The summed E-state index contributed by atoms with van der Waals surface area (Å²) in [6.07, 6.45) is 0. The Bertz CT molecular complexity index is 1210. The molecule has 0 bridgehead atoms. The minimum absolute atomic E-state index is 0.154. The molecule has 27 heavy (non-hydrogen) atoms. The fourth-order valence-corrected chi connectivity index (χ4v) is 3.74. The van der Waals surface area contributed by atoms with E-state index in [1.807, 2.05) is 60.7 Å². The molecule has 0 amide bonds. The second-order valence-corrected chi connectivity index (χ2v) is 6.67. The number of pyridine rings is 1. The molecule has 0 radical (unpaired) electrons. The van der Waals surface area contributed by atoms with Crippen LogP contribution in [0.25, 0.3) is 33.0 Å². The number of aromatic nitrogens is 2. The number of aromatic amines is 1. The third-order valence-electron chi connectivity index (χ3n) is 4.16. The topological polar surface area (TPSA) is 89.8 Å². The Hall–Kier alpha value is -3.69. The third kappa shape index (κ3) is 3.01. The van der Waals surface area contributed by atoms with Crippen molar-refractivity contribution in [2.24, 2.45) is 0 Å². The lowest BCUT2D eigenvalue weighted by Crippen LogP contribution is -2.14. The van der Waals surface area contributed by atoms with E-state index < -0.39 is 0 Å². The smallest absolute Gasteiger partial charge is 0.259 e. The predicted octanol–water partition coefficient (Wildman–Crippen LogP) is 4.41. The molecule has 2 aromatic carbocycles. The van der Waals surface area contributed by atoms with Crippen molar-refractivity contribution in [1.82, 2.24) is 9.97 Å². The van der Waals surface area contributed by atoms with Crippen LogP contribution in [0.15, 0.2) is 70.8 Å². The van der Waals surface area contributed by atoms with E-state index in [2.05, 4.69) is 16.0 Å². The van der Waals surface area contributed by atoms with Crippen molar-refractivity contribution in [2.75, 3.05) is 0 Å². The second kappa shape index (κ2) is 6.90. The van der Waals surface area contributed by atoms with Gasteiger partial charge in [-0.05, 0) is 11.1 Å². The third-order valence-corrected chi connectivity index (χ3v) is 5.01. The molecule has 0 atom stereocenters. The molecular weight excluding hydrogens is 358 g/mol. The number of nitriles is 1. The van der Waals surface area contributed by atoms with Crippen molar-refractivity contribution in [3.63, 3.8) is 0 Å². The first-order valence-corrected chi connectivity index (χ1v) is 9.03. The molecule has 0 spiro atoms. The Kier molecular flexibility index (Phi) is 4.29. The summed E-state index contributed by atoms with van der Waals surface area (Å²) in [5, 5.41) is 21.4. The molecule has 0 saturated carbocycles. The van der Waals surface area contributed by atoms with E-state index in [9.17, 15) is 15.2 Å². The zero-order valence-electron chi connectivity index (χ0n) is 14.0. The first kappa shape index (κ1) is 16.8. The Balaban J connectivity index is 2.13. The molecule has 0 unspecified atom stereocenters. The van der Waals surface area contributed by atoms with Crippen LogP contribution in [0.2, 0.25) is 0 Å². The molecule has 0 aliphatic rings. The molecule has 4 rings (SSSR count). The van der Waals surface area contributed by atoms with E-state index in [1.165, 1.54) is 5.38 Å². The van der Waals surface area contributed by atoms with E-state index in [0.29, 0.717) is 21.8 Å². The fraction of sp³-hybridized carbons (Fsp3) is 0. The van der Waals surface area contributed by atoms with Crippen molar-refractivity contribution in [1.29, 1.82) is 5.26 Å². The van der Waals surface area contributed by atoms with E-state index in [0.717, 1.165) is 22.5 Å². The maximum absolute atomic E-state index is 13.0. The average molecular weight is 371 g/mol. The van der Waals surface area contributed by atoms with Crippen LogP contribution >= 0.6 is 11.3 Å². The molecule has 6 heteroatoms. The van der Waals surface area contributed by atoms with Crippen LogP contribution in [0, 0.1) is 11.3 Å². The molecule has 2 heterocycles. The Morgan fingerprint density at radius 3 is 2.15 bits per heavy atom. The van der Waals surface area contributed by atoms with Crippen molar-refractivity contribution >= 4 is 11.3 Å². The highest BCUT2D eigenvalue weighted by Gasteiger charge is 2.23. The van der Waals surface area contributed by atoms with Crippen LogP contribution in [0.5, 0.6) is 5.88 Å². The minimum Gasteiger partial charge on any atom is -0.493 e. The van der Waals surface area contributed by atoms with Gasteiger partial charge in [0.05, 0.1) is 22.2 Å². The van der Waals surface area contributed by atoms with E-state index >= 15 is 0 Å². The number of aromatic hydroxyl groups is 1. The van der Waals surface area contributed by atoms with E-state index in [1.54, 1.807) is 0 Å². The van der Waals surface area contributed by atoms with Crippen molar-refractivity contribution in [3.05, 3.63) is 82.0 Å². The summed E-state index contributed by atoms with van der Waals surface area (Å²) in [5.41, 5.74) is 2.74. The Morgan fingerprint density at radius 1 is 0.963 bits per heavy atom. The van der Waals surface area contributed by atoms with E-state index in [4.69, 9.17) is 0 Å². The summed E-state index contributed by atoms with van der Waals surface area (Å²) >= 11 is 1.16. The molecular formula is C21H13N3O2S. The van der Waals surface area contributed by atoms with Crippen LogP contribution in [0.1, 0.15) is 5.56 Å². The summed E-state index contributed by atoms with van der Waals surface area (Å²) in [5.74, 6) is -0.154. The monoisotopic (exact) mass is 371 g/mol. The summed E-state index contributed by atoms with van der Waals surface area (Å²) in [6, 6.07) is 20.8.